The number of aromatic nitrogens is 1. The van der Waals surface area contributed by atoms with Gasteiger partial charge in [-0.05, 0) is 36.6 Å². The van der Waals surface area contributed by atoms with Crippen LogP contribution in [0.5, 0.6) is 0 Å². The number of carbonyl (C=O) groups is 1. The Morgan fingerprint density at radius 1 is 1.32 bits per heavy atom. The molecule has 1 amide bonds. The van der Waals surface area contributed by atoms with E-state index in [1.165, 1.54) is 0 Å². The Morgan fingerprint density at radius 3 is 2.45 bits per heavy atom. The van der Waals surface area contributed by atoms with Crippen molar-refractivity contribution in [3.05, 3.63) is 36.4 Å². The van der Waals surface area contributed by atoms with Gasteiger partial charge in [0.1, 0.15) is 0 Å². The Balaban J connectivity index is 0.00000242. The summed E-state index contributed by atoms with van der Waals surface area (Å²) < 4.78 is 5.45. The molecule has 22 heavy (non-hydrogen) atoms. The standard InChI is InChI=1S/C16H21N3O2.ClH/c1-10(2)8-14(17)16(20)19-13-6-4-12(5-7-13)15-9-18-11(3)21-15;/h4-7,9-10,14H,8,17H2,1-3H3,(H,19,20);1H/t14-;/m0./s1. The lowest BCUT2D eigenvalue weighted by Crippen LogP contribution is -2.36. The molecule has 5 nitrogen and oxygen atoms in total. The highest BCUT2D eigenvalue weighted by Gasteiger charge is 2.15. The minimum atomic E-state index is -0.485. The number of halogens is 1. The largest absolute Gasteiger partial charge is 0.441 e. The Kier molecular flexibility index (Phi) is 6.59. The van der Waals surface area contributed by atoms with Gasteiger partial charge in [0.2, 0.25) is 5.91 Å². The van der Waals surface area contributed by atoms with E-state index >= 15 is 0 Å². The van der Waals surface area contributed by atoms with Crippen LogP contribution in [0.4, 0.5) is 5.69 Å². The minimum absolute atomic E-state index is 0. The zero-order chi connectivity index (χ0) is 15.4. The van der Waals surface area contributed by atoms with Crippen molar-refractivity contribution in [3.63, 3.8) is 0 Å². The second-order valence-electron chi connectivity index (χ2n) is 5.55. The molecule has 0 fully saturated rings. The van der Waals surface area contributed by atoms with Gasteiger partial charge in [0, 0.05) is 18.2 Å². The Morgan fingerprint density at radius 2 is 1.95 bits per heavy atom. The van der Waals surface area contributed by atoms with E-state index in [1.54, 1.807) is 13.1 Å². The van der Waals surface area contributed by atoms with Crippen molar-refractivity contribution in [2.75, 3.05) is 5.32 Å². The van der Waals surface area contributed by atoms with Crippen LogP contribution in [0.25, 0.3) is 11.3 Å². The first-order valence-corrected chi connectivity index (χ1v) is 7.05. The number of oxazole rings is 1. The molecule has 0 saturated carbocycles. The van der Waals surface area contributed by atoms with Crippen LogP contribution in [-0.2, 0) is 4.79 Å². The topological polar surface area (TPSA) is 81.2 Å². The molecule has 1 heterocycles. The second-order valence-corrected chi connectivity index (χ2v) is 5.55. The Hall–Kier alpha value is -1.85. The molecule has 3 N–H and O–H groups in total. The molecule has 1 aromatic carbocycles. The lowest BCUT2D eigenvalue weighted by Gasteiger charge is -2.14. The molecule has 0 aliphatic rings. The normalized spacial score (nSPS) is 11.9. The highest BCUT2D eigenvalue weighted by atomic mass is 35.5. The van der Waals surface area contributed by atoms with Gasteiger partial charge < -0.3 is 15.5 Å². The van der Waals surface area contributed by atoms with E-state index in [0.29, 0.717) is 24.0 Å². The van der Waals surface area contributed by atoms with Crippen molar-refractivity contribution in [3.8, 4) is 11.3 Å². The molecule has 0 saturated heterocycles. The van der Waals surface area contributed by atoms with Crippen molar-refractivity contribution < 1.29 is 9.21 Å². The number of nitrogens with one attached hydrogen (secondary N) is 1. The zero-order valence-electron chi connectivity index (χ0n) is 13.0. The minimum Gasteiger partial charge on any atom is -0.441 e. The lowest BCUT2D eigenvalue weighted by molar-refractivity contribution is -0.117. The van der Waals surface area contributed by atoms with Gasteiger partial charge in [0.15, 0.2) is 11.7 Å². The molecule has 6 heteroatoms. The van der Waals surface area contributed by atoms with Gasteiger partial charge in [-0.25, -0.2) is 4.98 Å². The van der Waals surface area contributed by atoms with E-state index in [0.717, 1.165) is 11.3 Å². The molecule has 0 aliphatic heterocycles. The molecule has 0 aliphatic carbocycles. The summed E-state index contributed by atoms with van der Waals surface area (Å²) in [6, 6.07) is 6.93. The van der Waals surface area contributed by atoms with Crippen molar-refractivity contribution in [2.24, 2.45) is 11.7 Å². The van der Waals surface area contributed by atoms with Gasteiger partial charge in [-0.15, -0.1) is 12.4 Å². The molecule has 1 aromatic heterocycles. The number of rotatable bonds is 5. The fourth-order valence-electron chi connectivity index (χ4n) is 2.06. The predicted molar refractivity (Wildman–Crippen MR) is 90.0 cm³/mol. The van der Waals surface area contributed by atoms with Crippen molar-refractivity contribution in [1.82, 2.24) is 4.98 Å². The molecule has 0 bridgehead atoms. The Labute approximate surface area is 136 Å². The van der Waals surface area contributed by atoms with Crippen LogP contribution in [0.1, 0.15) is 26.2 Å². The summed E-state index contributed by atoms with van der Waals surface area (Å²) in [6.45, 7) is 5.89. The number of anilines is 1. The number of benzene rings is 1. The van der Waals surface area contributed by atoms with Gasteiger partial charge in [-0.1, -0.05) is 13.8 Å². The Bertz CT molecular complexity index is 608. The maximum absolute atomic E-state index is 11.9. The van der Waals surface area contributed by atoms with Crippen molar-refractivity contribution in [1.29, 1.82) is 0 Å². The first-order valence-electron chi connectivity index (χ1n) is 7.05. The van der Waals surface area contributed by atoms with E-state index in [1.807, 2.05) is 38.1 Å². The second kappa shape index (κ2) is 7.96. The third-order valence-electron chi connectivity index (χ3n) is 3.12. The fraction of sp³-hybridized carbons (Fsp3) is 0.375. The summed E-state index contributed by atoms with van der Waals surface area (Å²) in [4.78, 5) is 16.0. The quantitative estimate of drug-likeness (QED) is 0.883. The van der Waals surface area contributed by atoms with Crippen LogP contribution >= 0.6 is 12.4 Å². The number of carbonyl (C=O) groups excluding carboxylic acids is 1. The van der Waals surface area contributed by atoms with E-state index < -0.39 is 6.04 Å². The van der Waals surface area contributed by atoms with Crippen LogP contribution in [0.2, 0.25) is 0 Å². The predicted octanol–water partition coefficient (Wildman–Crippen LogP) is 3.38. The zero-order valence-corrected chi connectivity index (χ0v) is 13.8. The maximum Gasteiger partial charge on any atom is 0.241 e. The summed E-state index contributed by atoms with van der Waals surface area (Å²) in [5, 5.41) is 2.82. The molecular weight excluding hydrogens is 302 g/mol. The molecule has 2 rings (SSSR count). The van der Waals surface area contributed by atoms with Crippen LogP contribution < -0.4 is 11.1 Å². The fourth-order valence-corrected chi connectivity index (χ4v) is 2.06. The lowest BCUT2D eigenvalue weighted by atomic mass is 10.0. The number of hydrogen-bond donors (Lipinski definition) is 2. The van der Waals surface area contributed by atoms with Crippen LogP contribution in [0, 0.1) is 12.8 Å². The molecule has 120 valence electrons. The molecule has 0 spiro atoms. The molecule has 0 radical (unpaired) electrons. The van der Waals surface area contributed by atoms with Gasteiger partial charge in [-0.2, -0.15) is 0 Å². The number of hydrogen-bond acceptors (Lipinski definition) is 4. The first kappa shape index (κ1) is 18.2. The summed E-state index contributed by atoms with van der Waals surface area (Å²) in [5.41, 5.74) is 7.49. The van der Waals surface area contributed by atoms with Gasteiger partial charge in [0.05, 0.1) is 12.2 Å². The monoisotopic (exact) mass is 323 g/mol. The number of nitrogens with two attached hydrogens (primary N) is 1. The van der Waals surface area contributed by atoms with Gasteiger partial charge >= 0.3 is 0 Å². The molecular formula is C16H22ClN3O2. The highest BCUT2D eigenvalue weighted by Crippen LogP contribution is 2.22. The first-order chi connectivity index (χ1) is 9.95. The van der Waals surface area contributed by atoms with Gasteiger partial charge in [0.25, 0.3) is 0 Å². The number of aryl methyl sites for hydroxylation is 1. The van der Waals surface area contributed by atoms with E-state index in [4.69, 9.17) is 10.2 Å². The van der Waals surface area contributed by atoms with E-state index in [2.05, 4.69) is 10.3 Å². The molecule has 0 unspecified atom stereocenters. The SMILES string of the molecule is Cc1ncc(-c2ccc(NC(=O)[C@@H](N)CC(C)C)cc2)o1.Cl. The maximum atomic E-state index is 11.9. The number of amides is 1. The highest BCUT2D eigenvalue weighted by molar-refractivity contribution is 5.94. The summed E-state index contributed by atoms with van der Waals surface area (Å²) in [7, 11) is 0. The van der Waals surface area contributed by atoms with Crippen LogP contribution in [0.3, 0.4) is 0 Å². The van der Waals surface area contributed by atoms with Crippen molar-refractivity contribution >= 4 is 24.0 Å². The summed E-state index contributed by atoms with van der Waals surface area (Å²) >= 11 is 0. The smallest absolute Gasteiger partial charge is 0.241 e. The van der Waals surface area contributed by atoms with E-state index in [9.17, 15) is 4.79 Å². The van der Waals surface area contributed by atoms with Crippen molar-refractivity contribution in [2.45, 2.75) is 33.2 Å². The third-order valence-corrected chi connectivity index (χ3v) is 3.12. The summed E-state index contributed by atoms with van der Waals surface area (Å²) in [5.74, 6) is 1.57. The van der Waals surface area contributed by atoms with E-state index in [-0.39, 0.29) is 18.3 Å². The van der Waals surface area contributed by atoms with Crippen LogP contribution in [0.15, 0.2) is 34.9 Å². The molecule has 1 atom stereocenters. The molecule has 2 aromatic rings. The van der Waals surface area contributed by atoms with Gasteiger partial charge in [-0.3, -0.25) is 4.79 Å². The van der Waals surface area contributed by atoms with Crippen LogP contribution in [-0.4, -0.2) is 16.9 Å². The average molecular weight is 324 g/mol. The third kappa shape index (κ3) is 4.86. The number of nitrogens with zero attached hydrogens (tertiary/aromatic N) is 1. The average Bonchev–Trinajstić information content (AvgIpc) is 2.85. The summed E-state index contributed by atoms with van der Waals surface area (Å²) in [6.07, 6.45) is 2.35.